The van der Waals surface area contributed by atoms with Gasteiger partial charge in [-0.25, -0.2) is 9.18 Å². The molecule has 6 rings (SSSR count). The lowest BCUT2D eigenvalue weighted by atomic mass is 9.79. The van der Waals surface area contributed by atoms with Crippen LogP contribution < -0.4 is 4.90 Å². The number of carbonyl (C=O) groups is 2. The van der Waals surface area contributed by atoms with Gasteiger partial charge in [-0.15, -0.1) is 12.4 Å². The van der Waals surface area contributed by atoms with Gasteiger partial charge in [-0.3, -0.25) is 9.69 Å². The number of halogens is 4. The molecule has 0 radical (unpaired) electrons. The Morgan fingerprint density at radius 1 is 0.860 bits per heavy atom. The monoisotopic (exact) mass is 647 g/mol. The van der Waals surface area contributed by atoms with E-state index in [1.165, 1.54) is 12.1 Å². The summed E-state index contributed by atoms with van der Waals surface area (Å²) in [5.74, 6) is -0.426. The minimum atomic E-state index is -0.812. The number of amides is 2. The molecule has 43 heavy (non-hydrogen) atoms. The van der Waals surface area contributed by atoms with Gasteiger partial charge >= 0.3 is 6.09 Å². The largest absolute Gasteiger partial charge is 0.448 e. The molecule has 3 aliphatic rings. The van der Waals surface area contributed by atoms with Gasteiger partial charge < -0.3 is 19.3 Å². The van der Waals surface area contributed by atoms with Crippen LogP contribution in [0.25, 0.3) is 0 Å². The predicted molar refractivity (Wildman–Crippen MR) is 167 cm³/mol. The average Bonchev–Trinajstić information content (AvgIpc) is 3.45. The van der Waals surface area contributed by atoms with Crippen molar-refractivity contribution in [2.45, 2.75) is 30.4 Å². The van der Waals surface area contributed by atoms with Gasteiger partial charge in [0.05, 0.1) is 28.7 Å². The fourth-order valence-electron chi connectivity index (χ4n) is 6.52. The van der Waals surface area contributed by atoms with Gasteiger partial charge in [-0.2, -0.15) is 0 Å². The third-order valence-corrected chi connectivity index (χ3v) is 9.59. The van der Waals surface area contributed by atoms with Crippen LogP contribution in [-0.2, 0) is 25.4 Å². The first kappa shape index (κ1) is 31.5. The third-order valence-electron chi connectivity index (χ3n) is 8.85. The van der Waals surface area contributed by atoms with E-state index in [0.29, 0.717) is 68.6 Å². The second kappa shape index (κ2) is 13.0. The number of para-hydroxylation sites is 1. The molecule has 0 saturated carbocycles. The van der Waals surface area contributed by atoms with Crippen molar-refractivity contribution in [2.24, 2.45) is 0 Å². The highest BCUT2D eigenvalue weighted by atomic mass is 35.5. The highest BCUT2D eigenvalue weighted by Gasteiger charge is 2.47. The van der Waals surface area contributed by atoms with E-state index in [0.717, 1.165) is 16.8 Å². The molecule has 0 aromatic heterocycles. The second-order valence-electron chi connectivity index (χ2n) is 11.1. The molecular weight excluding hydrogens is 616 g/mol. The maximum atomic E-state index is 14.3. The molecule has 11 heteroatoms. The first-order valence-corrected chi connectivity index (χ1v) is 14.9. The van der Waals surface area contributed by atoms with Crippen LogP contribution in [0.3, 0.4) is 0 Å². The summed E-state index contributed by atoms with van der Waals surface area (Å²) in [6, 6.07) is 21.6. The summed E-state index contributed by atoms with van der Waals surface area (Å²) in [5, 5.41) is 0.878. The van der Waals surface area contributed by atoms with Gasteiger partial charge in [0.1, 0.15) is 24.6 Å². The summed E-state index contributed by atoms with van der Waals surface area (Å²) >= 11 is 12.7. The Morgan fingerprint density at radius 2 is 1.63 bits per heavy atom. The topological polar surface area (TPSA) is 62.3 Å². The average molecular weight is 649 g/mol. The number of likely N-dealkylation sites (tertiary alicyclic amines) is 1. The Bertz CT molecular complexity index is 1470. The Hall–Kier alpha value is -2.88. The maximum Gasteiger partial charge on any atom is 0.410 e. The number of rotatable bonds is 7. The number of anilines is 1. The van der Waals surface area contributed by atoms with Gasteiger partial charge in [0.2, 0.25) is 0 Å². The lowest BCUT2D eigenvalue weighted by molar-refractivity contribution is -0.141. The first-order chi connectivity index (χ1) is 20.3. The van der Waals surface area contributed by atoms with E-state index in [2.05, 4.69) is 4.90 Å². The summed E-state index contributed by atoms with van der Waals surface area (Å²) < 4.78 is 26.0. The van der Waals surface area contributed by atoms with Crippen LogP contribution in [0.1, 0.15) is 30.4 Å². The van der Waals surface area contributed by atoms with Crippen molar-refractivity contribution in [2.75, 3.05) is 50.8 Å². The highest BCUT2D eigenvalue weighted by Crippen LogP contribution is 2.42. The number of morpholine rings is 1. The molecular formula is C32H33Cl3FN3O4. The number of piperidine rings is 1. The number of carbonyl (C=O) groups excluding carboxylic acids is 2. The summed E-state index contributed by atoms with van der Waals surface area (Å²) in [4.78, 5) is 31.6. The molecule has 0 aliphatic carbocycles. The standard InChI is InChI=1S/C32H32Cl2FN3O4.ClH/c33-27-10-9-24(20-28(27)34)32(22-37(29(39)21-42-32)26-7-2-1-3-8-26)13-16-36-14-11-31(12-15-36,38-17-18-41-30(38)40)23-5-4-6-25(35)19-23;/h1-10,19-20H,11-18,21-22H2;1H. The van der Waals surface area contributed by atoms with Crippen molar-refractivity contribution >= 4 is 53.3 Å². The molecule has 3 aliphatic heterocycles. The molecule has 2 amide bonds. The number of nitrogens with zero attached hydrogens (tertiary/aromatic N) is 3. The van der Waals surface area contributed by atoms with Gasteiger partial charge in [0, 0.05) is 25.3 Å². The van der Waals surface area contributed by atoms with Crippen LogP contribution in [0.2, 0.25) is 10.0 Å². The van der Waals surface area contributed by atoms with Crippen LogP contribution in [0.4, 0.5) is 14.9 Å². The minimum Gasteiger partial charge on any atom is -0.448 e. The van der Waals surface area contributed by atoms with Crippen LogP contribution in [0, 0.1) is 5.82 Å². The van der Waals surface area contributed by atoms with Crippen molar-refractivity contribution in [1.29, 1.82) is 0 Å². The quantitative estimate of drug-likeness (QED) is 0.287. The van der Waals surface area contributed by atoms with Crippen molar-refractivity contribution in [3.05, 3.63) is 99.8 Å². The lowest BCUT2D eigenvalue weighted by Crippen LogP contribution is -2.56. The number of benzene rings is 3. The zero-order valence-corrected chi connectivity index (χ0v) is 25.8. The zero-order valence-electron chi connectivity index (χ0n) is 23.5. The van der Waals surface area contributed by atoms with Crippen molar-refractivity contribution < 1.29 is 23.5 Å². The molecule has 3 saturated heterocycles. The van der Waals surface area contributed by atoms with E-state index >= 15 is 0 Å². The third kappa shape index (κ3) is 6.22. The van der Waals surface area contributed by atoms with E-state index in [9.17, 15) is 14.0 Å². The van der Waals surface area contributed by atoms with Crippen LogP contribution >= 0.6 is 35.6 Å². The molecule has 228 valence electrons. The van der Waals surface area contributed by atoms with E-state index in [4.69, 9.17) is 32.7 Å². The first-order valence-electron chi connectivity index (χ1n) is 14.2. The molecule has 3 aromatic carbocycles. The Kier molecular flexibility index (Phi) is 9.54. The zero-order chi connectivity index (χ0) is 29.3. The maximum absolute atomic E-state index is 14.3. The van der Waals surface area contributed by atoms with Crippen molar-refractivity contribution in [3.63, 3.8) is 0 Å². The van der Waals surface area contributed by atoms with Gasteiger partial charge in [-0.05, 0) is 66.8 Å². The summed E-state index contributed by atoms with van der Waals surface area (Å²) in [6.07, 6.45) is 1.52. The summed E-state index contributed by atoms with van der Waals surface area (Å²) in [5.41, 5.74) is 1.02. The molecule has 0 N–H and O–H groups in total. The molecule has 0 spiro atoms. The predicted octanol–water partition coefficient (Wildman–Crippen LogP) is 6.65. The van der Waals surface area contributed by atoms with E-state index in [-0.39, 0.29) is 36.8 Å². The summed E-state index contributed by atoms with van der Waals surface area (Å²) in [6.45, 7) is 3.15. The Morgan fingerprint density at radius 3 is 2.30 bits per heavy atom. The van der Waals surface area contributed by atoms with Crippen molar-refractivity contribution in [3.8, 4) is 0 Å². The minimum absolute atomic E-state index is 0. The number of hydrogen-bond donors (Lipinski definition) is 0. The van der Waals surface area contributed by atoms with Gasteiger partial charge in [0.25, 0.3) is 5.91 Å². The lowest BCUT2D eigenvalue weighted by Gasteiger charge is -2.48. The fraction of sp³-hybridized carbons (Fsp3) is 0.375. The summed E-state index contributed by atoms with van der Waals surface area (Å²) in [7, 11) is 0. The number of cyclic esters (lactones) is 1. The van der Waals surface area contributed by atoms with E-state index < -0.39 is 11.1 Å². The molecule has 0 bridgehead atoms. The van der Waals surface area contributed by atoms with Gasteiger partial charge in [0.15, 0.2) is 0 Å². The molecule has 3 fully saturated rings. The van der Waals surface area contributed by atoms with E-state index in [1.807, 2.05) is 48.5 Å². The number of ether oxygens (including phenoxy) is 2. The Balaban J connectivity index is 0.00000368. The molecule has 7 nitrogen and oxygen atoms in total. The SMILES string of the molecule is Cl.O=C1COC(CCN2CCC(c3cccc(F)c3)(N3CCOC3=O)CC2)(c2ccc(Cl)c(Cl)c2)CN1c1ccccc1. The molecule has 1 unspecified atom stereocenters. The molecule has 3 aromatic rings. The second-order valence-corrected chi connectivity index (χ2v) is 11.9. The van der Waals surface area contributed by atoms with Crippen LogP contribution in [-0.4, -0.2) is 67.7 Å². The highest BCUT2D eigenvalue weighted by molar-refractivity contribution is 6.42. The van der Waals surface area contributed by atoms with Crippen LogP contribution in [0.15, 0.2) is 72.8 Å². The smallest absolute Gasteiger partial charge is 0.410 e. The van der Waals surface area contributed by atoms with Gasteiger partial charge in [-0.1, -0.05) is 59.6 Å². The molecule has 3 heterocycles. The normalized spacial score (nSPS) is 22.3. The Labute approximate surface area is 266 Å². The van der Waals surface area contributed by atoms with Crippen molar-refractivity contribution in [1.82, 2.24) is 9.80 Å². The molecule has 1 atom stereocenters. The fourth-order valence-corrected chi connectivity index (χ4v) is 6.82. The van der Waals surface area contributed by atoms with E-state index in [1.54, 1.807) is 21.9 Å². The van der Waals surface area contributed by atoms with Crippen LogP contribution in [0.5, 0.6) is 0 Å². The number of hydrogen-bond acceptors (Lipinski definition) is 5.